The van der Waals surface area contributed by atoms with E-state index in [1.54, 1.807) is 54.3 Å². The van der Waals surface area contributed by atoms with Crippen molar-refractivity contribution >= 4 is 17.9 Å². The van der Waals surface area contributed by atoms with Crippen LogP contribution in [-0.4, -0.2) is 28.7 Å². The lowest BCUT2D eigenvalue weighted by Crippen LogP contribution is -2.34. The largest absolute Gasteiger partial charge is 0.497 e. The molecule has 0 aliphatic rings. The number of hydrogen-bond acceptors (Lipinski definition) is 5. The van der Waals surface area contributed by atoms with E-state index in [-0.39, 0.29) is 12.2 Å². The number of hydrogen-bond donors (Lipinski definition) is 2. The lowest BCUT2D eigenvalue weighted by Gasteiger charge is -2.11. The van der Waals surface area contributed by atoms with E-state index in [1.165, 1.54) is 6.26 Å². The van der Waals surface area contributed by atoms with Crippen molar-refractivity contribution in [2.24, 2.45) is 0 Å². The van der Waals surface area contributed by atoms with Crippen LogP contribution in [0.5, 0.6) is 5.75 Å². The monoisotopic (exact) mass is 518 g/mol. The summed E-state index contributed by atoms with van der Waals surface area (Å²) in [5, 5.41) is 10.4. The first kappa shape index (κ1) is 25.3. The van der Waals surface area contributed by atoms with Gasteiger partial charge in [0.2, 0.25) is 0 Å². The number of amides is 2. The highest BCUT2D eigenvalue weighted by atomic mass is 16.5. The second kappa shape index (κ2) is 11.8. The Morgan fingerprint density at radius 3 is 2.31 bits per heavy atom. The van der Waals surface area contributed by atoms with Gasteiger partial charge in [0.1, 0.15) is 22.9 Å². The minimum atomic E-state index is -0.472. The summed E-state index contributed by atoms with van der Waals surface area (Å²) in [6, 6.07) is 29.5. The van der Waals surface area contributed by atoms with E-state index in [1.807, 2.05) is 66.9 Å². The molecule has 2 N–H and O–H groups in total. The van der Waals surface area contributed by atoms with Gasteiger partial charge < -0.3 is 19.8 Å². The number of nitrogens with one attached hydrogen (secondary N) is 2. The lowest BCUT2D eigenvalue weighted by molar-refractivity contribution is -0.118. The van der Waals surface area contributed by atoms with Crippen LogP contribution in [0.3, 0.4) is 0 Å². The smallest absolute Gasteiger partial charge is 0.268 e. The van der Waals surface area contributed by atoms with E-state index < -0.39 is 11.8 Å². The first-order chi connectivity index (χ1) is 19.1. The number of furan rings is 1. The van der Waals surface area contributed by atoms with Crippen LogP contribution in [0.2, 0.25) is 0 Å². The highest BCUT2D eigenvalue weighted by Gasteiger charge is 2.18. The molecular weight excluding hydrogens is 492 g/mol. The Labute approximate surface area is 225 Å². The molecule has 194 valence electrons. The van der Waals surface area contributed by atoms with Gasteiger partial charge in [0, 0.05) is 22.9 Å². The van der Waals surface area contributed by atoms with Crippen molar-refractivity contribution in [1.29, 1.82) is 0 Å². The zero-order chi connectivity index (χ0) is 27.0. The maximum atomic E-state index is 13.4. The topological polar surface area (TPSA) is 98.4 Å². The Hall–Kier alpha value is -5.37. The van der Waals surface area contributed by atoms with E-state index in [0.29, 0.717) is 28.3 Å². The molecule has 5 rings (SSSR count). The number of rotatable bonds is 9. The van der Waals surface area contributed by atoms with Crippen molar-refractivity contribution in [3.63, 3.8) is 0 Å². The molecule has 0 spiro atoms. The van der Waals surface area contributed by atoms with Crippen molar-refractivity contribution in [3.8, 4) is 22.7 Å². The zero-order valence-corrected chi connectivity index (χ0v) is 21.2. The predicted octanol–water partition coefficient (Wildman–Crippen LogP) is 5.23. The molecule has 0 saturated heterocycles. The minimum Gasteiger partial charge on any atom is -0.497 e. The molecule has 0 saturated carbocycles. The molecule has 2 aromatic heterocycles. The molecular formula is C31H26N4O4. The van der Waals surface area contributed by atoms with Crippen molar-refractivity contribution < 1.29 is 18.7 Å². The second-order valence-corrected chi connectivity index (χ2v) is 8.58. The average Bonchev–Trinajstić information content (AvgIpc) is 3.67. The van der Waals surface area contributed by atoms with Crippen LogP contribution in [0.25, 0.3) is 23.0 Å². The lowest BCUT2D eigenvalue weighted by atomic mass is 10.1. The molecule has 0 aliphatic heterocycles. The standard InChI is InChI=1S/C31H26N4O4/c1-38-26-16-14-23(15-17-26)30(36)33-28(31(37)32-20-27-13-8-18-39-27)19-24-21-35(25-11-6-3-7-12-25)34-29(24)22-9-4-2-5-10-22/h2-19,21H,20H2,1H3,(H,32,37)(H,33,36). The zero-order valence-electron chi connectivity index (χ0n) is 21.2. The third kappa shape index (κ3) is 6.14. The molecule has 0 unspecified atom stereocenters. The molecule has 0 atom stereocenters. The summed E-state index contributed by atoms with van der Waals surface area (Å²) < 4.78 is 12.3. The van der Waals surface area contributed by atoms with Gasteiger partial charge in [-0.1, -0.05) is 48.5 Å². The Balaban J connectivity index is 1.53. The van der Waals surface area contributed by atoms with Crippen molar-refractivity contribution in [3.05, 3.63) is 132 Å². The number of carbonyl (C=O) groups is 2. The predicted molar refractivity (Wildman–Crippen MR) is 148 cm³/mol. The summed E-state index contributed by atoms with van der Waals surface area (Å²) in [7, 11) is 1.55. The molecule has 0 bridgehead atoms. The number of para-hydroxylation sites is 1. The average molecular weight is 519 g/mol. The van der Waals surface area contributed by atoms with Crippen molar-refractivity contribution in [2.75, 3.05) is 7.11 Å². The SMILES string of the molecule is COc1ccc(C(=O)NC(=Cc2cn(-c3ccccc3)nc2-c2ccccc2)C(=O)NCc2ccco2)cc1. The molecule has 39 heavy (non-hydrogen) atoms. The maximum Gasteiger partial charge on any atom is 0.268 e. The van der Waals surface area contributed by atoms with Crippen molar-refractivity contribution in [2.45, 2.75) is 6.54 Å². The first-order valence-electron chi connectivity index (χ1n) is 12.3. The van der Waals surface area contributed by atoms with Crippen molar-refractivity contribution in [1.82, 2.24) is 20.4 Å². The van der Waals surface area contributed by atoms with Crippen LogP contribution in [0.4, 0.5) is 0 Å². The third-order valence-corrected chi connectivity index (χ3v) is 5.96. The maximum absolute atomic E-state index is 13.4. The summed E-state index contributed by atoms with van der Waals surface area (Å²) in [4.78, 5) is 26.5. The van der Waals surface area contributed by atoms with Gasteiger partial charge in [-0.2, -0.15) is 5.10 Å². The fourth-order valence-electron chi connectivity index (χ4n) is 3.95. The molecule has 2 amide bonds. The number of ether oxygens (including phenoxy) is 1. The van der Waals surface area contributed by atoms with Crippen LogP contribution in [0.1, 0.15) is 21.7 Å². The molecule has 8 heteroatoms. The first-order valence-corrected chi connectivity index (χ1v) is 12.3. The normalized spacial score (nSPS) is 11.2. The van der Waals surface area contributed by atoms with Gasteiger partial charge in [0.05, 0.1) is 25.6 Å². The van der Waals surface area contributed by atoms with Crippen LogP contribution in [-0.2, 0) is 11.3 Å². The van der Waals surface area contributed by atoms with E-state index in [0.717, 1.165) is 11.3 Å². The summed E-state index contributed by atoms with van der Waals surface area (Å²) in [5.74, 6) is 0.305. The fourth-order valence-corrected chi connectivity index (χ4v) is 3.95. The fraction of sp³-hybridized carbons (Fsp3) is 0.0645. The summed E-state index contributed by atoms with van der Waals surface area (Å²) in [6.45, 7) is 0.163. The number of methoxy groups -OCH3 is 1. The van der Waals surface area contributed by atoms with Gasteiger partial charge >= 0.3 is 0 Å². The van der Waals surface area contributed by atoms with E-state index >= 15 is 0 Å². The van der Waals surface area contributed by atoms with E-state index in [4.69, 9.17) is 14.3 Å². The highest BCUT2D eigenvalue weighted by molar-refractivity contribution is 6.05. The van der Waals surface area contributed by atoms with Crippen LogP contribution >= 0.6 is 0 Å². The van der Waals surface area contributed by atoms with E-state index in [9.17, 15) is 9.59 Å². The Kier molecular flexibility index (Phi) is 7.64. The molecule has 3 aromatic carbocycles. The third-order valence-electron chi connectivity index (χ3n) is 5.96. The van der Waals surface area contributed by atoms with E-state index in [2.05, 4.69) is 10.6 Å². The highest BCUT2D eigenvalue weighted by Crippen LogP contribution is 2.25. The van der Waals surface area contributed by atoms with Crippen LogP contribution in [0.15, 0.2) is 120 Å². The molecule has 2 heterocycles. The molecule has 0 fully saturated rings. The number of nitrogens with zero attached hydrogens (tertiary/aromatic N) is 2. The summed E-state index contributed by atoms with van der Waals surface area (Å²) in [6.07, 6.45) is 5.00. The van der Waals surface area contributed by atoms with Crippen LogP contribution in [0, 0.1) is 0 Å². The second-order valence-electron chi connectivity index (χ2n) is 8.58. The summed E-state index contributed by atoms with van der Waals surface area (Å²) >= 11 is 0. The van der Waals surface area contributed by atoms with Gasteiger partial charge in [-0.15, -0.1) is 0 Å². The van der Waals surface area contributed by atoms with Gasteiger partial charge in [-0.05, 0) is 54.6 Å². The molecule has 0 radical (unpaired) electrons. The van der Waals surface area contributed by atoms with Gasteiger partial charge in [-0.25, -0.2) is 4.68 Å². The Morgan fingerprint density at radius 1 is 0.923 bits per heavy atom. The Bertz CT molecular complexity index is 1570. The molecule has 0 aliphatic carbocycles. The molecule has 8 nitrogen and oxygen atoms in total. The molecule has 5 aromatic rings. The minimum absolute atomic E-state index is 0.0622. The van der Waals surface area contributed by atoms with Gasteiger partial charge in [0.15, 0.2) is 0 Å². The summed E-state index contributed by atoms with van der Waals surface area (Å²) in [5.41, 5.74) is 3.49. The quantitative estimate of drug-likeness (QED) is 0.261. The van der Waals surface area contributed by atoms with Crippen LogP contribution < -0.4 is 15.4 Å². The number of benzene rings is 3. The van der Waals surface area contributed by atoms with Gasteiger partial charge in [0.25, 0.3) is 11.8 Å². The number of aromatic nitrogens is 2. The van der Waals surface area contributed by atoms with Gasteiger partial charge in [-0.3, -0.25) is 9.59 Å². The Morgan fingerprint density at radius 2 is 1.64 bits per heavy atom. The number of carbonyl (C=O) groups excluding carboxylic acids is 2.